The van der Waals surface area contributed by atoms with Crippen molar-refractivity contribution in [1.29, 1.82) is 0 Å². The fourth-order valence-electron chi connectivity index (χ4n) is 2.57. The van der Waals surface area contributed by atoms with Crippen molar-refractivity contribution in [2.24, 2.45) is 0 Å². The van der Waals surface area contributed by atoms with Crippen molar-refractivity contribution < 1.29 is 4.74 Å². The summed E-state index contributed by atoms with van der Waals surface area (Å²) in [4.78, 5) is 2.63. The summed E-state index contributed by atoms with van der Waals surface area (Å²) in [7, 11) is 0. The third kappa shape index (κ3) is 9.99. The Labute approximate surface area is 119 Å². The van der Waals surface area contributed by atoms with Crippen LogP contribution in [0.4, 0.5) is 0 Å². The van der Waals surface area contributed by atoms with Gasteiger partial charge in [-0.3, -0.25) is 0 Å². The Bertz CT molecular complexity index is 248. The van der Waals surface area contributed by atoms with Crippen molar-refractivity contribution in [2.45, 2.75) is 64.7 Å². The van der Waals surface area contributed by atoms with Crippen LogP contribution in [-0.4, -0.2) is 37.7 Å². The summed E-state index contributed by atoms with van der Waals surface area (Å²) in [6.45, 7) is 7.69. The van der Waals surface area contributed by atoms with Gasteiger partial charge < -0.3 is 9.64 Å². The van der Waals surface area contributed by atoms with E-state index in [2.05, 4.69) is 16.7 Å². The van der Waals surface area contributed by atoms with Crippen LogP contribution in [-0.2, 0) is 4.74 Å². The normalized spacial score (nSPS) is 16.1. The summed E-state index contributed by atoms with van der Waals surface area (Å²) in [5, 5.41) is 0. The molecule has 0 aliphatic carbocycles. The molecule has 0 aromatic heterocycles. The first-order valence-corrected chi connectivity index (χ1v) is 8.13. The van der Waals surface area contributed by atoms with Gasteiger partial charge in [0.05, 0.1) is 0 Å². The van der Waals surface area contributed by atoms with Crippen molar-refractivity contribution in [3.05, 3.63) is 0 Å². The van der Waals surface area contributed by atoms with Crippen molar-refractivity contribution in [3.63, 3.8) is 0 Å². The Morgan fingerprint density at radius 1 is 0.895 bits per heavy atom. The van der Waals surface area contributed by atoms with Crippen LogP contribution in [0.25, 0.3) is 0 Å². The van der Waals surface area contributed by atoms with E-state index >= 15 is 0 Å². The number of nitrogens with zero attached hydrogens (tertiary/aromatic N) is 1. The highest BCUT2D eigenvalue weighted by atomic mass is 16.5. The SMILES string of the molecule is CC#CCCCOCCCCCCN1CCCCC1. The minimum absolute atomic E-state index is 0.877. The lowest BCUT2D eigenvalue weighted by Gasteiger charge is -2.26. The van der Waals surface area contributed by atoms with Crippen molar-refractivity contribution >= 4 is 0 Å². The van der Waals surface area contributed by atoms with Crippen LogP contribution in [0.2, 0.25) is 0 Å². The third-order valence-electron chi connectivity index (χ3n) is 3.73. The molecule has 0 aromatic carbocycles. The molecule has 0 unspecified atom stereocenters. The van der Waals surface area contributed by atoms with Gasteiger partial charge in [0.1, 0.15) is 0 Å². The van der Waals surface area contributed by atoms with Gasteiger partial charge in [-0.15, -0.1) is 11.8 Å². The monoisotopic (exact) mass is 265 g/mol. The molecular formula is C17H31NO. The van der Waals surface area contributed by atoms with Crippen LogP contribution in [0.3, 0.4) is 0 Å². The number of piperidine rings is 1. The van der Waals surface area contributed by atoms with E-state index in [-0.39, 0.29) is 0 Å². The van der Waals surface area contributed by atoms with E-state index in [9.17, 15) is 0 Å². The molecule has 0 bridgehead atoms. The van der Waals surface area contributed by atoms with Gasteiger partial charge in [-0.2, -0.15) is 0 Å². The lowest BCUT2D eigenvalue weighted by molar-refractivity contribution is 0.128. The topological polar surface area (TPSA) is 12.5 Å². The fraction of sp³-hybridized carbons (Fsp3) is 0.882. The third-order valence-corrected chi connectivity index (χ3v) is 3.73. The predicted molar refractivity (Wildman–Crippen MR) is 82.3 cm³/mol. The summed E-state index contributed by atoms with van der Waals surface area (Å²) in [6.07, 6.45) is 11.6. The quantitative estimate of drug-likeness (QED) is 0.439. The van der Waals surface area contributed by atoms with Gasteiger partial charge in [-0.05, 0) is 58.7 Å². The maximum absolute atomic E-state index is 5.60. The number of unbranched alkanes of at least 4 members (excludes halogenated alkanes) is 4. The van der Waals surface area contributed by atoms with E-state index in [0.717, 1.165) is 26.1 Å². The zero-order valence-corrected chi connectivity index (χ0v) is 12.8. The number of hydrogen-bond acceptors (Lipinski definition) is 2. The molecule has 1 aliphatic heterocycles. The largest absolute Gasteiger partial charge is 0.381 e. The Kier molecular flexibility index (Phi) is 10.9. The summed E-state index contributed by atoms with van der Waals surface area (Å²) >= 11 is 0. The van der Waals surface area contributed by atoms with Crippen LogP contribution in [0.5, 0.6) is 0 Å². The minimum atomic E-state index is 0.877. The van der Waals surface area contributed by atoms with Gasteiger partial charge >= 0.3 is 0 Å². The molecule has 1 saturated heterocycles. The zero-order chi connectivity index (χ0) is 13.6. The van der Waals surface area contributed by atoms with Crippen molar-refractivity contribution in [2.75, 3.05) is 32.8 Å². The van der Waals surface area contributed by atoms with Gasteiger partial charge in [-0.1, -0.05) is 19.3 Å². The molecule has 1 fully saturated rings. The van der Waals surface area contributed by atoms with E-state index in [1.165, 1.54) is 64.6 Å². The lowest BCUT2D eigenvalue weighted by Crippen LogP contribution is -2.30. The molecule has 0 N–H and O–H groups in total. The zero-order valence-electron chi connectivity index (χ0n) is 12.8. The molecule has 2 nitrogen and oxygen atoms in total. The second-order valence-electron chi connectivity index (χ2n) is 5.46. The lowest BCUT2D eigenvalue weighted by atomic mass is 10.1. The number of rotatable bonds is 10. The minimum Gasteiger partial charge on any atom is -0.381 e. The molecule has 0 aromatic rings. The van der Waals surface area contributed by atoms with E-state index < -0.39 is 0 Å². The average Bonchev–Trinajstić information content (AvgIpc) is 2.46. The van der Waals surface area contributed by atoms with Gasteiger partial charge in [-0.25, -0.2) is 0 Å². The summed E-state index contributed by atoms with van der Waals surface area (Å²) in [5.74, 6) is 5.97. The molecule has 1 rings (SSSR count). The Balaban J connectivity index is 1.74. The molecule has 0 amide bonds. The highest BCUT2D eigenvalue weighted by molar-refractivity contribution is 4.94. The standard InChI is InChI=1S/C17H31NO/c1-2-3-4-11-16-19-17-12-6-5-8-13-18-14-9-7-10-15-18/h4-17H2,1H3. The first kappa shape index (κ1) is 16.5. The molecule has 110 valence electrons. The molecule has 1 heterocycles. The summed E-state index contributed by atoms with van der Waals surface area (Å²) in [5.41, 5.74) is 0. The first-order valence-electron chi connectivity index (χ1n) is 8.13. The second kappa shape index (κ2) is 12.5. The van der Waals surface area contributed by atoms with Gasteiger partial charge in [0.15, 0.2) is 0 Å². The predicted octanol–water partition coefficient (Wildman–Crippen LogP) is 3.85. The van der Waals surface area contributed by atoms with Crippen molar-refractivity contribution in [3.8, 4) is 11.8 Å². The van der Waals surface area contributed by atoms with Gasteiger partial charge in [0.2, 0.25) is 0 Å². The summed E-state index contributed by atoms with van der Waals surface area (Å²) < 4.78 is 5.60. The maximum Gasteiger partial charge on any atom is 0.0475 e. The number of hydrogen-bond donors (Lipinski definition) is 0. The highest BCUT2D eigenvalue weighted by Crippen LogP contribution is 2.10. The van der Waals surface area contributed by atoms with Crippen LogP contribution in [0.15, 0.2) is 0 Å². The first-order chi connectivity index (χ1) is 9.43. The molecule has 0 atom stereocenters. The molecule has 0 saturated carbocycles. The molecule has 1 aliphatic rings. The molecule has 19 heavy (non-hydrogen) atoms. The average molecular weight is 265 g/mol. The van der Waals surface area contributed by atoms with Gasteiger partial charge in [0.25, 0.3) is 0 Å². The van der Waals surface area contributed by atoms with E-state index in [4.69, 9.17) is 4.74 Å². The Hall–Kier alpha value is -0.520. The number of ether oxygens (including phenoxy) is 1. The van der Waals surface area contributed by atoms with Crippen LogP contribution in [0, 0.1) is 11.8 Å². The Morgan fingerprint density at radius 2 is 1.63 bits per heavy atom. The Morgan fingerprint density at radius 3 is 2.42 bits per heavy atom. The smallest absolute Gasteiger partial charge is 0.0475 e. The van der Waals surface area contributed by atoms with Crippen molar-refractivity contribution in [1.82, 2.24) is 4.90 Å². The highest BCUT2D eigenvalue weighted by Gasteiger charge is 2.08. The van der Waals surface area contributed by atoms with Crippen LogP contribution >= 0.6 is 0 Å². The molecular weight excluding hydrogens is 234 g/mol. The number of likely N-dealkylation sites (tertiary alicyclic amines) is 1. The van der Waals surface area contributed by atoms with E-state index in [1.807, 2.05) is 6.92 Å². The summed E-state index contributed by atoms with van der Waals surface area (Å²) in [6, 6.07) is 0. The molecule has 2 heteroatoms. The molecule has 0 radical (unpaired) electrons. The van der Waals surface area contributed by atoms with Gasteiger partial charge in [0, 0.05) is 19.6 Å². The maximum atomic E-state index is 5.60. The second-order valence-corrected chi connectivity index (χ2v) is 5.46. The fourth-order valence-corrected chi connectivity index (χ4v) is 2.57. The van der Waals surface area contributed by atoms with E-state index in [0.29, 0.717) is 0 Å². The van der Waals surface area contributed by atoms with E-state index in [1.54, 1.807) is 0 Å². The van der Waals surface area contributed by atoms with Crippen LogP contribution < -0.4 is 0 Å². The van der Waals surface area contributed by atoms with Crippen LogP contribution in [0.1, 0.15) is 64.7 Å². The molecule has 0 spiro atoms.